The molecule has 119 valence electrons. The summed E-state index contributed by atoms with van der Waals surface area (Å²) in [6.45, 7) is 13.9. The molecule has 0 aliphatic heterocycles. The van der Waals surface area contributed by atoms with E-state index in [9.17, 15) is 0 Å². The molecular weight excluding hydrogens is 381 g/mol. The van der Waals surface area contributed by atoms with Gasteiger partial charge in [0.2, 0.25) is 0 Å². The maximum atomic E-state index is 6.75. The fourth-order valence-corrected chi connectivity index (χ4v) is 16.9. The van der Waals surface area contributed by atoms with Crippen molar-refractivity contribution in [2.45, 2.75) is 55.4 Å². The zero-order chi connectivity index (χ0) is 15.8. The van der Waals surface area contributed by atoms with E-state index < -0.39 is 7.26 Å². The molecular formula is C16H27ClOPPd. The van der Waals surface area contributed by atoms with Crippen LogP contribution in [0.2, 0.25) is 0 Å². The average Bonchev–Trinajstić information content (AvgIpc) is 2.25. The van der Waals surface area contributed by atoms with Crippen molar-refractivity contribution in [3.05, 3.63) is 24.3 Å². The summed E-state index contributed by atoms with van der Waals surface area (Å²) in [5.74, 6) is 0.905. The Bertz CT molecular complexity index is 446. The summed E-state index contributed by atoms with van der Waals surface area (Å²) in [7, 11) is -0.368. The molecule has 4 heteroatoms. The monoisotopic (exact) mass is 407 g/mol. The Balaban J connectivity index is 3.67. The standard InChI is InChI=1S/C16H27ClOP.Pd/c1-15(2,3)19(12-17,16(4,5)6)14-10-8-9-13(11-14)18-7;/h8-12,19H,1-7H3;. The minimum absolute atomic E-state index is 0.00222. The number of hydrogen-bond acceptors (Lipinski definition) is 1. The number of methoxy groups -OCH3 is 1. The van der Waals surface area contributed by atoms with Gasteiger partial charge < -0.3 is 0 Å². The van der Waals surface area contributed by atoms with Crippen LogP contribution in [0.25, 0.3) is 0 Å². The molecule has 0 N–H and O–H groups in total. The molecule has 0 aliphatic carbocycles. The Hall–Kier alpha value is 0.402. The van der Waals surface area contributed by atoms with E-state index in [4.69, 9.17) is 16.3 Å². The molecule has 0 radical (unpaired) electrons. The second-order valence-corrected chi connectivity index (χ2v) is 16.1. The molecule has 1 nitrogen and oxygen atoms in total. The van der Waals surface area contributed by atoms with Crippen LogP contribution in [-0.4, -0.2) is 21.0 Å². The minimum atomic E-state index is -2.08. The summed E-state index contributed by atoms with van der Waals surface area (Å²) < 4.78 is 5.42. The Morgan fingerprint density at radius 1 is 1.10 bits per heavy atom. The number of hydrogen-bond donors (Lipinski definition) is 0. The first-order valence-corrected chi connectivity index (χ1v) is 10.3. The quantitative estimate of drug-likeness (QED) is 0.399. The molecule has 0 spiro atoms. The SMILES string of the molecule is COc1cccc([PH]([CH](Cl)[Pd])(C(C)(C)C)C(C)(C)C)c1. The van der Waals surface area contributed by atoms with Crippen molar-refractivity contribution < 1.29 is 23.9 Å². The van der Waals surface area contributed by atoms with E-state index in [0.29, 0.717) is 0 Å². The summed E-state index contributed by atoms with van der Waals surface area (Å²) in [5, 5.41) is 1.61. The van der Waals surface area contributed by atoms with E-state index in [0.717, 1.165) is 5.75 Å². The van der Waals surface area contributed by atoms with Gasteiger partial charge in [-0.05, 0) is 0 Å². The van der Waals surface area contributed by atoms with Crippen LogP contribution in [-0.2, 0) is 19.2 Å². The topological polar surface area (TPSA) is 9.23 Å². The molecule has 1 aromatic rings. The fraction of sp³-hybridized carbons (Fsp3) is 0.625. The van der Waals surface area contributed by atoms with Gasteiger partial charge in [-0.3, -0.25) is 0 Å². The number of alkyl halides is 1. The molecule has 0 saturated carbocycles. The second-order valence-electron chi connectivity index (χ2n) is 7.31. The molecule has 20 heavy (non-hydrogen) atoms. The summed E-state index contributed by atoms with van der Waals surface area (Å²) >= 11 is 10.2. The van der Waals surface area contributed by atoms with E-state index in [2.05, 4.69) is 78.9 Å². The van der Waals surface area contributed by atoms with Gasteiger partial charge >= 0.3 is 141 Å². The van der Waals surface area contributed by atoms with Gasteiger partial charge in [-0.2, -0.15) is 0 Å². The van der Waals surface area contributed by atoms with Crippen molar-refractivity contribution in [2.75, 3.05) is 7.11 Å². The Kier molecular flexibility index (Phi) is 5.77. The number of rotatable bonds is 3. The van der Waals surface area contributed by atoms with E-state index in [1.54, 1.807) is 7.11 Å². The van der Waals surface area contributed by atoms with Crippen molar-refractivity contribution in [3.63, 3.8) is 0 Å². The zero-order valence-electron chi connectivity index (χ0n) is 13.5. The third-order valence-electron chi connectivity index (χ3n) is 4.19. The van der Waals surface area contributed by atoms with Crippen LogP contribution in [0.1, 0.15) is 41.5 Å². The predicted octanol–water partition coefficient (Wildman–Crippen LogP) is 4.74. The molecule has 0 bridgehead atoms. The molecule has 0 amide bonds. The predicted molar refractivity (Wildman–Crippen MR) is 90.1 cm³/mol. The summed E-state index contributed by atoms with van der Waals surface area (Å²) in [4.78, 5) is 0. The molecule has 1 atom stereocenters. The van der Waals surface area contributed by atoms with Gasteiger partial charge in [0.1, 0.15) is 0 Å². The van der Waals surface area contributed by atoms with Crippen LogP contribution in [0.3, 0.4) is 0 Å². The first kappa shape index (κ1) is 18.5. The van der Waals surface area contributed by atoms with Crippen LogP contribution >= 0.6 is 18.9 Å². The van der Waals surface area contributed by atoms with E-state index in [-0.39, 0.29) is 13.9 Å². The summed E-state index contributed by atoms with van der Waals surface area (Å²) in [6, 6.07) is 8.46. The Morgan fingerprint density at radius 2 is 1.60 bits per heavy atom. The van der Waals surface area contributed by atoms with Crippen LogP contribution < -0.4 is 10.0 Å². The average molecular weight is 408 g/mol. The van der Waals surface area contributed by atoms with Gasteiger partial charge in [-0.15, -0.1) is 0 Å². The molecule has 1 unspecified atom stereocenters. The molecule has 0 heterocycles. The van der Waals surface area contributed by atoms with Crippen LogP contribution in [0, 0.1) is 0 Å². The Morgan fingerprint density at radius 3 is 1.95 bits per heavy atom. The first-order valence-electron chi connectivity index (χ1n) is 6.87. The number of ether oxygens (including phenoxy) is 1. The van der Waals surface area contributed by atoms with Crippen molar-refractivity contribution >= 4 is 24.2 Å². The van der Waals surface area contributed by atoms with Crippen molar-refractivity contribution in [1.29, 1.82) is 0 Å². The van der Waals surface area contributed by atoms with Crippen LogP contribution in [0.15, 0.2) is 24.3 Å². The van der Waals surface area contributed by atoms with Crippen LogP contribution in [0.5, 0.6) is 5.75 Å². The van der Waals surface area contributed by atoms with Crippen molar-refractivity contribution in [3.8, 4) is 5.75 Å². The van der Waals surface area contributed by atoms with Gasteiger partial charge in [0.05, 0.1) is 0 Å². The van der Waals surface area contributed by atoms with Gasteiger partial charge in [0.15, 0.2) is 0 Å². The van der Waals surface area contributed by atoms with E-state index in [1.165, 1.54) is 5.30 Å². The van der Waals surface area contributed by atoms with Gasteiger partial charge in [0, 0.05) is 0 Å². The van der Waals surface area contributed by atoms with E-state index >= 15 is 0 Å². The van der Waals surface area contributed by atoms with Crippen molar-refractivity contribution in [2.24, 2.45) is 0 Å². The third-order valence-corrected chi connectivity index (χ3v) is 13.7. The molecule has 0 fully saturated rings. The van der Waals surface area contributed by atoms with Gasteiger partial charge in [0.25, 0.3) is 0 Å². The number of halogens is 1. The number of benzene rings is 1. The normalized spacial score (nSPS) is 15.9. The fourth-order valence-electron chi connectivity index (χ4n) is 3.58. The summed E-state index contributed by atoms with van der Waals surface area (Å²) in [5.41, 5.74) is 0. The molecule has 0 aliphatic rings. The zero-order valence-corrected chi connectivity index (χ0v) is 16.8. The third kappa shape index (κ3) is 3.10. The van der Waals surface area contributed by atoms with Crippen LogP contribution in [0.4, 0.5) is 0 Å². The Labute approximate surface area is 140 Å². The first-order chi connectivity index (χ1) is 8.98. The van der Waals surface area contributed by atoms with E-state index in [1.807, 2.05) is 6.07 Å². The second kappa shape index (κ2) is 6.26. The molecule has 1 rings (SSSR count). The van der Waals surface area contributed by atoms with Gasteiger partial charge in [-0.1, -0.05) is 0 Å². The van der Waals surface area contributed by atoms with Gasteiger partial charge in [-0.25, -0.2) is 0 Å². The summed E-state index contributed by atoms with van der Waals surface area (Å²) in [6.07, 6.45) is 0. The van der Waals surface area contributed by atoms with Crippen molar-refractivity contribution in [1.82, 2.24) is 0 Å². The molecule has 0 saturated heterocycles. The molecule has 0 aromatic heterocycles. The maximum absolute atomic E-state index is 6.75. The molecule has 1 aromatic carbocycles.